The van der Waals surface area contributed by atoms with Crippen LogP contribution >= 0.6 is 0 Å². The monoisotopic (exact) mass is 624 g/mol. The number of halogens is 6. The Hall–Kier alpha value is -0.540. The lowest BCUT2D eigenvalue weighted by molar-refractivity contribution is -0.298. The smallest absolute Gasteiger partial charge is 0.381 e. The Kier molecular flexibility index (Phi) is 9.13. The van der Waals surface area contributed by atoms with Gasteiger partial charge in [0.25, 0.3) is 0 Å². The Morgan fingerprint density at radius 3 is 1.70 bits per heavy atom. The topological polar surface area (TPSA) is 38.7 Å². The average molecular weight is 625 g/mol. The molecule has 0 amide bonds. The SMILES string of the molecule is CC1C(C)C2CC1C1C3CC(CC(C)(O)C(F)(F)F)C(C3)C21.CCOCOC(C)(CC1CC2CC1C(C)C2C)C(F)(F)F. The van der Waals surface area contributed by atoms with E-state index < -0.39 is 23.6 Å². The highest BCUT2D eigenvalue weighted by Gasteiger charge is 2.67. The molecular weight excluding hydrogens is 570 g/mol. The van der Waals surface area contributed by atoms with Crippen LogP contribution in [0, 0.1) is 82.9 Å². The molecule has 6 bridgehead atoms. The maximum atomic E-state index is 13.4. The Balaban J connectivity index is 0.000000172. The molecule has 16 atom stereocenters. The minimum Gasteiger partial charge on any atom is -0.381 e. The number of hydrogen-bond acceptors (Lipinski definition) is 3. The summed E-state index contributed by atoms with van der Waals surface area (Å²) in [5.74, 6) is 7.98. The largest absolute Gasteiger partial charge is 0.417 e. The number of ether oxygens (including phenoxy) is 2. The second-order valence-corrected chi connectivity index (χ2v) is 16.1. The highest BCUT2D eigenvalue weighted by atomic mass is 19.4. The first-order valence-electron chi connectivity index (χ1n) is 16.9. The van der Waals surface area contributed by atoms with Gasteiger partial charge in [-0.05, 0) is 149 Å². The minimum absolute atomic E-state index is 0.0573. The van der Waals surface area contributed by atoms with Crippen molar-refractivity contribution in [1.29, 1.82) is 0 Å². The number of aliphatic hydroxyl groups is 1. The summed E-state index contributed by atoms with van der Waals surface area (Å²) in [6, 6.07) is 0. The molecule has 0 aliphatic heterocycles. The molecule has 0 aromatic heterocycles. The quantitative estimate of drug-likeness (QED) is 0.127. The van der Waals surface area contributed by atoms with Crippen molar-refractivity contribution in [3.63, 3.8) is 0 Å². The van der Waals surface area contributed by atoms with Gasteiger partial charge in [-0.15, -0.1) is 0 Å². The molecule has 6 fully saturated rings. The van der Waals surface area contributed by atoms with Crippen LogP contribution in [0.25, 0.3) is 0 Å². The van der Waals surface area contributed by atoms with Gasteiger partial charge in [-0.3, -0.25) is 0 Å². The molecule has 6 aliphatic carbocycles. The van der Waals surface area contributed by atoms with E-state index in [2.05, 4.69) is 27.7 Å². The Bertz CT molecular complexity index is 980. The van der Waals surface area contributed by atoms with Gasteiger partial charge in [0, 0.05) is 6.61 Å². The molecule has 0 aromatic rings. The number of rotatable bonds is 8. The van der Waals surface area contributed by atoms with Gasteiger partial charge >= 0.3 is 12.4 Å². The van der Waals surface area contributed by atoms with Crippen LogP contribution < -0.4 is 0 Å². The third kappa shape index (κ3) is 5.80. The number of fused-ring (bicyclic) bond motifs is 11. The second-order valence-electron chi connectivity index (χ2n) is 16.1. The van der Waals surface area contributed by atoms with Crippen LogP contribution in [0.3, 0.4) is 0 Å². The number of alkyl halides is 6. The second kappa shape index (κ2) is 11.6. The van der Waals surface area contributed by atoms with E-state index in [0.29, 0.717) is 48.0 Å². The summed E-state index contributed by atoms with van der Waals surface area (Å²) >= 11 is 0. The van der Waals surface area contributed by atoms with Gasteiger partial charge < -0.3 is 14.6 Å². The molecule has 250 valence electrons. The molecular formula is C34H54F6O3. The van der Waals surface area contributed by atoms with Crippen LogP contribution in [0.5, 0.6) is 0 Å². The molecule has 0 spiro atoms. The molecule has 3 nitrogen and oxygen atoms in total. The van der Waals surface area contributed by atoms with Crippen LogP contribution in [0.2, 0.25) is 0 Å². The van der Waals surface area contributed by atoms with Crippen LogP contribution in [-0.2, 0) is 9.47 Å². The molecule has 6 rings (SSSR count). The van der Waals surface area contributed by atoms with Gasteiger partial charge in [0.15, 0.2) is 11.2 Å². The summed E-state index contributed by atoms with van der Waals surface area (Å²) in [6.07, 6.45) is -3.54. The van der Waals surface area contributed by atoms with Crippen molar-refractivity contribution in [2.45, 2.75) is 117 Å². The van der Waals surface area contributed by atoms with E-state index in [1.807, 2.05) is 0 Å². The lowest BCUT2D eigenvalue weighted by atomic mass is 9.61. The summed E-state index contributed by atoms with van der Waals surface area (Å²) < 4.78 is 89.4. The van der Waals surface area contributed by atoms with Gasteiger partial charge in [-0.1, -0.05) is 27.7 Å². The van der Waals surface area contributed by atoms with Crippen LogP contribution in [0.1, 0.15) is 93.4 Å². The van der Waals surface area contributed by atoms with Crippen molar-refractivity contribution in [2.24, 2.45) is 82.9 Å². The molecule has 43 heavy (non-hydrogen) atoms. The van der Waals surface area contributed by atoms with Crippen molar-refractivity contribution < 1.29 is 40.9 Å². The molecule has 9 heteroatoms. The highest BCUT2D eigenvalue weighted by Crippen LogP contribution is 2.72. The third-order valence-corrected chi connectivity index (χ3v) is 14.2. The van der Waals surface area contributed by atoms with Crippen molar-refractivity contribution >= 4 is 0 Å². The fraction of sp³-hybridized carbons (Fsp3) is 1.00. The van der Waals surface area contributed by atoms with Crippen LogP contribution in [-0.4, -0.2) is 42.1 Å². The molecule has 0 aromatic carbocycles. The van der Waals surface area contributed by atoms with Gasteiger partial charge in [-0.2, -0.15) is 26.3 Å². The maximum absolute atomic E-state index is 13.4. The van der Waals surface area contributed by atoms with Gasteiger partial charge in [0.05, 0.1) is 0 Å². The van der Waals surface area contributed by atoms with E-state index in [4.69, 9.17) is 9.47 Å². The van der Waals surface area contributed by atoms with Crippen molar-refractivity contribution in [3.8, 4) is 0 Å². The van der Waals surface area contributed by atoms with Crippen molar-refractivity contribution in [2.75, 3.05) is 13.4 Å². The summed E-state index contributed by atoms with van der Waals surface area (Å²) in [5, 5.41) is 9.88. The van der Waals surface area contributed by atoms with Crippen molar-refractivity contribution in [1.82, 2.24) is 0 Å². The Labute approximate surface area is 254 Å². The third-order valence-electron chi connectivity index (χ3n) is 14.2. The Morgan fingerprint density at radius 2 is 1.16 bits per heavy atom. The molecule has 0 radical (unpaired) electrons. The molecule has 1 N–H and O–H groups in total. The fourth-order valence-electron chi connectivity index (χ4n) is 11.6. The van der Waals surface area contributed by atoms with E-state index in [9.17, 15) is 31.4 Å². The average Bonchev–Trinajstić information content (AvgIpc) is 3.71. The molecule has 0 heterocycles. The zero-order valence-corrected chi connectivity index (χ0v) is 27.0. The molecule has 6 aliphatic rings. The summed E-state index contributed by atoms with van der Waals surface area (Å²) in [7, 11) is 0. The minimum atomic E-state index is -4.51. The van der Waals surface area contributed by atoms with E-state index in [1.165, 1.54) is 13.3 Å². The van der Waals surface area contributed by atoms with Gasteiger partial charge in [0.1, 0.15) is 6.79 Å². The molecule has 6 saturated carbocycles. The summed E-state index contributed by atoms with van der Waals surface area (Å²) in [4.78, 5) is 0. The van der Waals surface area contributed by atoms with Crippen LogP contribution in [0.4, 0.5) is 26.3 Å². The first-order valence-corrected chi connectivity index (χ1v) is 16.9. The highest BCUT2D eigenvalue weighted by molar-refractivity contribution is 5.14. The maximum Gasteiger partial charge on any atom is 0.417 e. The van der Waals surface area contributed by atoms with Gasteiger partial charge in [-0.25, -0.2) is 0 Å². The lowest BCUT2D eigenvalue weighted by Crippen LogP contribution is -2.48. The van der Waals surface area contributed by atoms with E-state index in [1.54, 1.807) is 6.92 Å². The first-order chi connectivity index (χ1) is 19.8. The normalized spacial score (nSPS) is 47.3. The summed E-state index contributed by atoms with van der Waals surface area (Å²) in [6.45, 7) is 13.1. The van der Waals surface area contributed by atoms with Crippen LogP contribution in [0.15, 0.2) is 0 Å². The van der Waals surface area contributed by atoms with Crippen molar-refractivity contribution in [3.05, 3.63) is 0 Å². The van der Waals surface area contributed by atoms with E-state index in [0.717, 1.165) is 62.2 Å². The lowest BCUT2D eigenvalue weighted by Gasteiger charge is -2.44. The summed E-state index contributed by atoms with van der Waals surface area (Å²) in [5.41, 5.74) is -4.62. The molecule has 0 saturated heterocycles. The first kappa shape index (κ1) is 33.8. The zero-order chi connectivity index (χ0) is 31.9. The Morgan fingerprint density at radius 1 is 0.628 bits per heavy atom. The van der Waals surface area contributed by atoms with E-state index >= 15 is 0 Å². The fourth-order valence-corrected chi connectivity index (χ4v) is 11.6. The molecule has 16 unspecified atom stereocenters. The zero-order valence-electron chi connectivity index (χ0n) is 27.0. The number of hydrogen-bond donors (Lipinski definition) is 1. The predicted octanol–water partition coefficient (Wildman–Crippen LogP) is 9.14. The van der Waals surface area contributed by atoms with E-state index in [-0.39, 0.29) is 31.5 Å². The van der Waals surface area contributed by atoms with Gasteiger partial charge in [0.2, 0.25) is 0 Å². The predicted molar refractivity (Wildman–Crippen MR) is 153 cm³/mol. The standard InChI is InChI=1S/C18H27F3O.C16H27F3O2/c1-8-9(2)13-6-12(8)15-10-4-11(14(5-10)16(13)15)7-17(3,22)18(19,20)21;1-5-20-9-21-15(4,16(17,18)19)8-13-6-12-7-14(13)11(3)10(12)2/h8-16,22H,4-7H2,1-3H3;10-14H,5-9H2,1-4H3.